The summed E-state index contributed by atoms with van der Waals surface area (Å²) < 4.78 is 0. The Morgan fingerprint density at radius 2 is 1.88 bits per heavy atom. The van der Waals surface area contributed by atoms with Crippen molar-refractivity contribution in [2.24, 2.45) is 0 Å². The number of nitrogens with one attached hydrogen (secondary N) is 1. The lowest BCUT2D eigenvalue weighted by Crippen LogP contribution is -2.27. The Labute approximate surface area is 147 Å². The largest absolute Gasteiger partial charge is 0.350 e. The van der Waals surface area contributed by atoms with Crippen LogP contribution in [0.15, 0.2) is 66.9 Å². The fourth-order valence-corrected chi connectivity index (χ4v) is 2.51. The molecule has 5 nitrogen and oxygen atoms in total. The molecule has 0 saturated carbocycles. The number of benzene rings is 2. The number of para-hydroxylation sites is 1. The SMILES string of the molecule is Cc1cccc(CNc2nccc(C(=O)N(C)c3ccccc3)n2)c1. The number of amides is 1. The average Bonchev–Trinajstić information content (AvgIpc) is 2.66. The zero-order chi connectivity index (χ0) is 17.6. The number of carbonyl (C=O) groups excluding carboxylic acids is 1. The van der Waals surface area contributed by atoms with Crippen LogP contribution in [0.4, 0.5) is 11.6 Å². The van der Waals surface area contributed by atoms with E-state index in [9.17, 15) is 4.79 Å². The zero-order valence-corrected chi connectivity index (χ0v) is 14.3. The first-order valence-electron chi connectivity index (χ1n) is 8.09. The predicted octanol–water partition coefficient (Wildman–Crippen LogP) is 3.67. The molecule has 5 heteroatoms. The Morgan fingerprint density at radius 3 is 2.64 bits per heavy atom. The van der Waals surface area contributed by atoms with Gasteiger partial charge in [-0.2, -0.15) is 0 Å². The Morgan fingerprint density at radius 1 is 1.08 bits per heavy atom. The molecule has 0 radical (unpaired) electrons. The van der Waals surface area contributed by atoms with Crippen LogP contribution in [0, 0.1) is 6.92 Å². The fraction of sp³-hybridized carbons (Fsp3) is 0.150. The molecule has 0 atom stereocenters. The lowest BCUT2D eigenvalue weighted by Gasteiger charge is -2.17. The number of carbonyl (C=O) groups is 1. The van der Waals surface area contributed by atoms with Crippen LogP contribution in [0.1, 0.15) is 21.6 Å². The van der Waals surface area contributed by atoms with Gasteiger partial charge in [-0.05, 0) is 30.7 Å². The maximum Gasteiger partial charge on any atom is 0.276 e. The molecule has 126 valence electrons. The van der Waals surface area contributed by atoms with Gasteiger partial charge in [0.15, 0.2) is 0 Å². The molecule has 3 aromatic rings. The summed E-state index contributed by atoms with van der Waals surface area (Å²) in [4.78, 5) is 22.7. The molecule has 3 rings (SSSR count). The summed E-state index contributed by atoms with van der Waals surface area (Å²) in [5.74, 6) is 0.265. The summed E-state index contributed by atoms with van der Waals surface area (Å²) in [6, 6.07) is 19.3. The van der Waals surface area contributed by atoms with Crippen LogP contribution in [0.25, 0.3) is 0 Å². The smallest absolute Gasteiger partial charge is 0.276 e. The van der Waals surface area contributed by atoms with E-state index >= 15 is 0 Å². The summed E-state index contributed by atoms with van der Waals surface area (Å²) in [5.41, 5.74) is 3.52. The first kappa shape index (κ1) is 16.6. The zero-order valence-electron chi connectivity index (χ0n) is 14.3. The monoisotopic (exact) mass is 332 g/mol. The third-order valence-electron chi connectivity index (χ3n) is 3.86. The second-order valence-electron chi connectivity index (χ2n) is 5.81. The highest BCUT2D eigenvalue weighted by atomic mass is 16.2. The van der Waals surface area contributed by atoms with Gasteiger partial charge >= 0.3 is 0 Å². The molecule has 0 aliphatic heterocycles. The van der Waals surface area contributed by atoms with Crippen molar-refractivity contribution in [1.29, 1.82) is 0 Å². The van der Waals surface area contributed by atoms with Crippen molar-refractivity contribution < 1.29 is 4.79 Å². The third-order valence-corrected chi connectivity index (χ3v) is 3.86. The minimum atomic E-state index is -0.174. The molecule has 0 fully saturated rings. The molecule has 25 heavy (non-hydrogen) atoms. The van der Waals surface area contributed by atoms with E-state index < -0.39 is 0 Å². The fourth-order valence-electron chi connectivity index (χ4n) is 2.51. The van der Waals surface area contributed by atoms with E-state index in [1.165, 1.54) is 5.56 Å². The first-order valence-corrected chi connectivity index (χ1v) is 8.09. The minimum Gasteiger partial charge on any atom is -0.350 e. The van der Waals surface area contributed by atoms with E-state index in [0.29, 0.717) is 18.2 Å². The van der Waals surface area contributed by atoms with Gasteiger partial charge in [0, 0.05) is 25.5 Å². The molecule has 1 aromatic heterocycles. The highest BCUT2D eigenvalue weighted by Gasteiger charge is 2.15. The van der Waals surface area contributed by atoms with Crippen LogP contribution >= 0.6 is 0 Å². The van der Waals surface area contributed by atoms with Crippen LogP contribution in [0.5, 0.6) is 0 Å². The number of hydrogen-bond donors (Lipinski definition) is 1. The molecule has 2 aromatic carbocycles. The van der Waals surface area contributed by atoms with Crippen molar-refractivity contribution in [3.8, 4) is 0 Å². The third kappa shape index (κ3) is 4.20. The van der Waals surface area contributed by atoms with Crippen molar-refractivity contribution in [2.75, 3.05) is 17.3 Å². The number of rotatable bonds is 5. The Balaban J connectivity index is 1.71. The number of hydrogen-bond acceptors (Lipinski definition) is 4. The molecular weight excluding hydrogens is 312 g/mol. The molecular formula is C20H20N4O. The van der Waals surface area contributed by atoms with E-state index in [0.717, 1.165) is 11.3 Å². The van der Waals surface area contributed by atoms with Gasteiger partial charge in [-0.15, -0.1) is 0 Å². The van der Waals surface area contributed by atoms with Crippen molar-refractivity contribution in [3.63, 3.8) is 0 Å². The topological polar surface area (TPSA) is 58.1 Å². The van der Waals surface area contributed by atoms with Crippen molar-refractivity contribution in [1.82, 2.24) is 9.97 Å². The lowest BCUT2D eigenvalue weighted by molar-refractivity contribution is 0.0988. The van der Waals surface area contributed by atoms with Crippen LogP contribution in [0.2, 0.25) is 0 Å². The number of nitrogens with zero attached hydrogens (tertiary/aromatic N) is 3. The Bertz CT molecular complexity index is 864. The average molecular weight is 332 g/mol. The lowest BCUT2D eigenvalue weighted by atomic mass is 10.1. The van der Waals surface area contributed by atoms with Crippen molar-refractivity contribution in [2.45, 2.75) is 13.5 Å². The molecule has 1 heterocycles. The van der Waals surface area contributed by atoms with E-state index in [2.05, 4.69) is 34.3 Å². The van der Waals surface area contributed by atoms with Gasteiger partial charge in [0.05, 0.1) is 0 Å². The van der Waals surface area contributed by atoms with Crippen molar-refractivity contribution >= 4 is 17.5 Å². The Kier molecular flexibility index (Phi) is 5.04. The molecule has 1 amide bonds. The number of aryl methyl sites for hydroxylation is 1. The normalized spacial score (nSPS) is 10.3. The van der Waals surface area contributed by atoms with Crippen molar-refractivity contribution in [3.05, 3.63) is 83.7 Å². The summed E-state index contributed by atoms with van der Waals surface area (Å²) in [6.07, 6.45) is 1.59. The molecule has 0 spiro atoms. The van der Waals surface area contributed by atoms with Gasteiger partial charge in [-0.1, -0.05) is 48.0 Å². The molecule has 1 N–H and O–H groups in total. The summed E-state index contributed by atoms with van der Waals surface area (Å²) in [7, 11) is 1.74. The molecule has 0 unspecified atom stereocenters. The minimum absolute atomic E-state index is 0.174. The van der Waals surface area contributed by atoms with Gasteiger partial charge < -0.3 is 10.2 Å². The summed E-state index contributed by atoms with van der Waals surface area (Å²) >= 11 is 0. The maximum absolute atomic E-state index is 12.6. The standard InChI is InChI=1S/C20H20N4O/c1-15-7-6-8-16(13-15)14-22-20-21-12-11-18(23-20)19(25)24(2)17-9-4-3-5-10-17/h3-13H,14H2,1-2H3,(H,21,22,23). The van der Waals surface area contributed by atoms with Crippen LogP contribution in [0.3, 0.4) is 0 Å². The van der Waals surface area contributed by atoms with Gasteiger partial charge in [0.25, 0.3) is 5.91 Å². The van der Waals surface area contributed by atoms with Gasteiger partial charge in [0.1, 0.15) is 5.69 Å². The quantitative estimate of drug-likeness (QED) is 0.774. The maximum atomic E-state index is 12.6. The van der Waals surface area contributed by atoms with Crippen LogP contribution in [-0.2, 0) is 6.54 Å². The van der Waals surface area contributed by atoms with Gasteiger partial charge in [0.2, 0.25) is 5.95 Å². The van der Waals surface area contributed by atoms with E-state index in [4.69, 9.17) is 0 Å². The van der Waals surface area contributed by atoms with Gasteiger partial charge in [-0.3, -0.25) is 4.79 Å². The molecule has 0 aliphatic rings. The predicted molar refractivity (Wildman–Crippen MR) is 99.7 cm³/mol. The molecule has 0 aliphatic carbocycles. The van der Waals surface area contributed by atoms with E-state index in [1.807, 2.05) is 42.5 Å². The number of aromatic nitrogens is 2. The van der Waals surface area contributed by atoms with E-state index in [1.54, 1.807) is 24.2 Å². The number of anilines is 2. The summed E-state index contributed by atoms with van der Waals surface area (Å²) in [5, 5.41) is 3.17. The second-order valence-corrected chi connectivity index (χ2v) is 5.81. The molecule has 0 bridgehead atoms. The highest BCUT2D eigenvalue weighted by Crippen LogP contribution is 2.14. The Hall–Kier alpha value is -3.21. The molecule has 0 saturated heterocycles. The van der Waals surface area contributed by atoms with Crippen LogP contribution in [-0.4, -0.2) is 22.9 Å². The highest BCUT2D eigenvalue weighted by molar-refractivity contribution is 6.04. The van der Waals surface area contributed by atoms with E-state index in [-0.39, 0.29) is 5.91 Å². The first-order chi connectivity index (χ1) is 12.1. The summed E-state index contributed by atoms with van der Waals surface area (Å²) in [6.45, 7) is 2.66. The second kappa shape index (κ2) is 7.57. The van der Waals surface area contributed by atoms with Crippen LogP contribution < -0.4 is 10.2 Å². The van der Waals surface area contributed by atoms with Gasteiger partial charge in [-0.25, -0.2) is 9.97 Å².